The highest BCUT2D eigenvalue weighted by atomic mass is 16.6. The van der Waals surface area contributed by atoms with Crippen LogP contribution >= 0.6 is 0 Å². The fourth-order valence-corrected chi connectivity index (χ4v) is 9.96. The Morgan fingerprint density at radius 2 is 0.487 bits per heavy atom. The molecule has 444 valence electrons. The molecule has 0 aliphatic carbocycles. The van der Waals surface area contributed by atoms with Gasteiger partial charge in [-0.2, -0.15) is 0 Å². The Labute approximate surface area is 473 Å². The Balaban J connectivity index is 4.29. The molecule has 0 rings (SSSR count). The maximum atomic E-state index is 12.9. The van der Waals surface area contributed by atoms with Crippen molar-refractivity contribution in [3.8, 4) is 0 Å². The number of ether oxygens (including phenoxy) is 3. The van der Waals surface area contributed by atoms with Crippen LogP contribution < -0.4 is 0 Å². The van der Waals surface area contributed by atoms with Crippen molar-refractivity contribution in [1.29, 1.82) is 0 Å². The van der Waals surface area contributed by atoms with Crippen molar-refractivity contribution in [3.63, 3.8) is 0 Å². The van der Waals surface area contributed by atoms with Gasteiger partial charge in [-0.25, -0.2) is 0 Å². The van der Waals surface area contributed by atoms with Gasteiger partial charge in [-0.3, -0.25) is 14.4 Å². The summed E-state index contributed by atoms with van der Waals surface area (Å²) in [5.74, 6) is -0.867. The SMILES string of the molecule is CCCC/C=C\C/C=C\CCCCCCCC(=O)OCC(COC(=O)CCCCCCCCCCCCC/C=C\C/C=C\CCCCCCC)OC(=O)CCCCCCCCCCCCCCCCCCCCCCC. The molecule has 0 fully saturated rings. The summed E-state index contributed by atoms with van der Waals surface area (Å²) in [5, 5.41) is 0. The first-order chi connectivity index (χ1) is 37.5. The number of carbonyl (C=O) groups excluding carboxylic acids is 3. The van der Waals surface area contributed by atoms with Crippen LogP contribution in [0.4, 0.5) is 0 Å². The molecule has 0 saturated heterocycles. The van der Waals surface area contributed by atoms with Gasteiger partial charge in [-0.05, 0) is 77.0 Å². The highest BCUT2D eigenvalue weighted by Gasteiger charge is 2.19. The maximum absolute atomic E-state index is 12.9. The first-order valence-electron chi connectivity index (χ1n) is 33.6. The summed E-state index contributed by atoms with van der Waals surface area (Å²) in [6, 6.07) is 0. The summed E-state index contributed by atoms with van der Waals surface area (Å²) in [4.78, 5) is 38.4. The Bertz CT molecular complexity index is 1310. The van der Waals surface area contributed by atoms with Gasteiger partial charge >= 0.3 is 17.9 Å². The standard InChI is InChI=1S/C70H128O6/c1-4-7-10-13-16-19-22-25-28-30-32-34-35-37-38-40-42-45-48-51-54-57-60-63-69(72)75-66-67(65-74-68(71)62-59-56-53-50-47-44-27-24-21-18-15-12-9-6-3)76-70(73)64-61-58-55-52-49-46-43-41-39-36-33-31-29-26-23-20-17-14-11-8-5-2/h15,18,22,24-25,27,30,32,67H,4-14,16-17,19-21,23,26,28-29,31,33-66H2,1-3H3/b18-15-,25-22-,27-24-,32-30-. The van der Waals surface area contributed by atoms with E-state index in [1.54, 1.807) is 0 Å². The fraction of sp³-hybridized carbons (Fsp3) is 0.843. The zero-order valence-electron chi connectivity index (χ0n) is 51.0. The third-order valence-corrected chi connectivity index (χ3v) is 15.1. The van der Waals surface area contributed by atoms with E-state index in [9.17, 15) is 14.4 Å². The molecule has 0 aromatic rings. The molecule has 0 saturated carbocycles. The zero-order valence-corrected chi connectivity index (χ0v) is 51.0. The molecule has 6 heteroatoms. The van der Waals surface area contributed by atoms with Crippen molar-refractivity contribution in [3.05, 3.63) is 48.6 Å². The average Bonchev–Trinajstić information content (AvgIpc) is 3.42. The number of unbranched alkanes of at least 4 members (excludes halogenated alkanes) is 43. The van der Waals surface area contributed by atoms with Gasteiger partial charge < -0.3 is 14.2 Å². The Kier molecular flexibility index (Phi) is 62.6. The molecule has 0 aromatic carbocycles. The first kappa shape index (κ1) is 73.4. The lowest BCUT2D eigenvalue weighted by atomic mass is 10.0. The van der Waals surface area contributed by atoms with Crippen molar-refractivity contribution < 1.29 is 28.6 Å². The largest absolute Gasteiger partial charge is 0.462 e. The van der Waals surface area contributed by atoms with Crippen LogP contribution in [0.15, 0.2) is 48.6 Å². The third-order valence-electron chi connectivity index (χ3n) is 15.1. The summed E-state index contributed by atoms with van der Waals surface area (Å²) < 4.78 is 17.0. The molecule has 0 radical (unpaired) electrons. The molecular formula is C70H128O6. The molecule has 0 aliphatic heterocycles. The van der Waals surface area contributed by atoms with Crippen molar-refractivity contribution in [2.24, 2.45) is 0 Å². The Morgan fingerprint density at radius 1 is 0.263 bits per heavy atom. The molecule has 0 aromatic heterocycles. The summed E-state index contributed by atoms with van der Waals surface area (Å²) in [5.41, 5.74) is 0. The molecule has 0 aliphatic rings. The molecule has 0 spiro atoms. The quantitative estimate of drug-likeness (QED) is 0.0261. The fourth-order valence-electron chi connectivity index (χ4n) is 9.96. The number of esters is 3. The summed E-state index contributed by atoms with van der Waals surface area (Å²) in [7, 11) is 0. The number of allylic oxidation sites excluding steroid dienone is 8. The lowest BCUT2D eigenvalue weighted by Crippen LogP contribution is -2.30. The number of rotatable bonds is 62. The van der Waals surface area contributed by atoms with Gasteiger partial charge in [0.1, 0.15) is 13.2 Å². The van der Waals surface area contributed by atoms with Gasteiger partial charge in [-0.15, -0.1) is 0 Å². The third kappa shape index (κ3) is 62.2. The molecule has 1 atom stereocenters. The van der Waals surface area contributed by atoms with E-state index in [4.69, 9.17) is 14.2 Å². The van der Waals surface area contributed by atoms with Crippen LogP contribution in [0.1, 0.15) is 361 Å². The van der Waals surface area contributed by atoms with Crippen LogP contribution in [-0.2, 0) is 28.6 Å². The lowest BCUT2D eigenvalue weighted by molar-refractivity contribution is -0.167. The second kappa shape index (κ2) is 64.9. The number of hydrogen-bond donors (Lipinski definition) is 0. The predicted octanol–water partition coefficient (Wildman–Crippen LogP) is 22.9. The van der Waals surface area contributed by atoms with Crippen LogP contribution in [0.3, 0.4) is 0 Å². The molecule has 0 amide bonds. The zero-order chi connectivity index (χ0) is 55.0. The minimum Gasteiger partial charge on any atom is -0.462 e. The van der Waals surface area contributed by atoms with Gasteiger partial charge in [-0.1, -0.05) is 313 Å². The molecule has 0 N–H and O–H groups in total. The summed E-state index contributed by atoms with van der Waals surface area (Å²) in [6.45, 7) is 6.64. The van der Waals surface area contributed by atoms with E-state index in [1.807, 2.05) is 0 Å². The van der Waals surface area contributed by atoms with Gasteiger partial charge in [0.05, 0.1) is 0 Å². The van der Waals surface area contributed by atoms with Crippen LogP contribution in [0.5, 0.6) is 0 Å². The monoisotopic (exact) mass is 1060 g/mol. The molecular weight excluding hydrogens is 937 g/mol. The minimum absolute atomic E-state index is 0.0750. The molecule has 76 heavy (non-hydrogen) atoms. The Morgan fingerprint density at radius 3 is 0.763 bits per heavy atom. The van der Waals surface area contributed by atoms with Crippen LogP contribution in [0.2, 0.25) is 0 Å². The van der Waals surface area contributed by atoms with Gasteiger partial charge in [0.15, 0.2) is 6.10 Å². The molecule has 0 bridgehead atoms. The van der Waals surface area contributed by atoms with E-state index >= 15 is 0 Å². The van der Waals surface area contributed by atoms with Gasteiger partial charge in [0.25, 0.3) is 0 Å². The van der Waals surface area contributed by atoms with Crippen molar-refractivity contribution >= 4 is 17.9 Å². The summed E-state index contributed by atoms with van der Waals surface area (Å²) >= 11 is 0. The van der Waals surface area contributed by atoms with Crippen LogP contribution in [-0.4, -0.2) is 37.2 Å². The highest BCUT2D eigenvalue weighted by molar-refractivity contribution is 5.71. The van der Waals surface area contributed by atoms with Crippen LogP contribution in [0, 0.1) is 0 Å². The minimum atomic E-state index is -0.779. The molecule has 1 unspecified atom stereocenters. The van der Waals surface area contributed by atoms with E-state index < -0.39 is 6.10 Å². The topological polar surface area (TPSA) is 78.9 Å². The smallest absolute Gasteiger partial charge is 0.306 e. The highest BCUT2D eigenvalue weighted by Crippen LogP contribution is 2.18. The number of hydrogen-bond acceptors (Lipinski definition) is 6. The second-order valence-corrected chi connectivity index (χ2v) is 22.7. The number of carbonyl (C=O) groups is 3. The second-order valence-electron chi connectivity index (χ2n) is 22.7. The van der Waals surface area contributed by atoms with E-state index in [0.717, 1.165) is 83.5 Å². The lowest BCUT2D eigenvalue weighted by Gasteiger charge is -2.18. The average molecular weight is 1070 g/mol. The van der Waals surface area contributed by atoms with E-state index in [-0.39, 0.29) is 31.1 Å². The van der Waals surface area contributed by atoms with Crippen LogP contribution in [0.25, 0.3) is 0 Å². The van der Waals surface area contributed by atoms with Gasteiger partial charge in [0, 0.05) is 19.3 Å². The van der Waals surface area contributed by atoms with Crippen molar-refractivity contribution in [1.82, 2.24) is 0 Å². The van der Waals surface area contributed by atoms with Crippen molar-refractivity contribution in [2.45, 2.75) is 367 Å². The predicted molar refractivity (Wildman–Crippen MR) is 330 cm³/mol. The molecule has 0 heterocycles. The van der Waals surface area contributed by atoms with Crippen molar-refractivity contribution in [2.75, 3.05) is 13.2 Å². The Hall–Kier alpha value is -2.63. The van der Waals surface area contributed by atoms with E-state index in [0.29, 0.717) is 19.3 Å². The molecule has 6 nitrogen and oxygen atoms in total. The maximum Gasteiger partial charge on any atom is 0.306 e. The van der Waals surface area contributed by atoms with E-state index in [2.05, 4.69) is 69.4 Å². The van der Waals surface area contributed by atoms with E-state index in [1.165, 1.54) is 238 Å². The first-order valence-corrected chi connectivity index (χ1v) is 33.6. The normalized spacial score (nSPS) is 12.3. The van der Waals surface area contributed by atoms with Gasteiger partial charge in [0.2, 0.25) is 0 Å². The summed E-state index contributed by atoms with van der Waals surface area (Å²) in [6.07, 6.45) is 81.2.